The number of aromatic amines is 1. The monoisotopic (exact) mass is 1260 g/mol. The first-order valence-corrected chi connectivity index (χ1v) is 33.2. The molecule has 25 heteroatoms. The van der Waals surface area contributed by atoms with E-state index in [0.29, 0.717) is 82.9 Å². The van der Waals surface area contributed by atoms with Crippen LogP contribution in [0.25, 0.3) is 0 Å². The van der Waals surface area contributed by atoms with Gasteiger partial charge in [0.05, 0.1) is 79.3 Å². The van der Waals surface area contributed by atoms with E-state index < -0.39 is 84.7 Å². The molecule has 9 N–H and O–H groups in total. The molecule has 1 spiro atoms. The van der Waals surface area contributed by atoms with E-state index in [2.05, 4.69) is 56.6 Å². The number of amides is 5. The molecule has 12 bridgehead atoms. The fourth-order valence-electron chi connectivity index (χ4n) is 15.0. The summed E-state index contributed by atoms with van der Waals surface area (Å²) < 4.78 is 61.1. The van der Waals surface area contributed by atoms with Gasteiger partial charge in [-0.3, -0.25) is 28.8 Å². The van der Waals surface area contributed by atoms with Crippen LogP contribution in [-0.2, 0) is 66.6 Å². The lowest BCUT2D eigenvalue weighted by Crippen LogP contribution is -2.61. The summed E-state index contributed by atoms with van der Waals surface area (Å²) in [5.41, 5.74) is 8.17. The van der Waals surface area contributed by atoms with Gasteiger partial charge in [-0.25, -0.2) is 4.98 Å². The molecule has 11 heterocycles. The number of carbonyl (C=O) groups excluding carboxylic acids is 6. The summed E-state index contributed by atoms with van der Waals surface area (Å²) in [6.45, 7) is 14.9. The minimum Gasteiger partial charge on any atom is -0.391 e. The van der Waals surface area contributed by atoms with E-state index in [9.17, 15) is 33.9 Å². The lowest BCUT2D eigenvalue weighted by atomic mass is 9.81. The van der Waals surface area contributed by atoms with E-state index in [0.717, 1.165) is 43.3 Å². The lowest BCUT2D eigenvalue weighted by Gasteiger charge is -2.47. The number of Topliss-reactive ketones (excluding diaryl/α,β-unsaturated/α-hetero) is 1. The number of hydrogen-bond donors (Lipinski definition) is 8. The smallest absolute Gasteiger partial charge is 0.254 e. The van der Waals surface area contributed by atoms with E-state index in [1.54, 1.807) is 21.0 Å². The molecule has 1 aromatic heterocycles. The number of nitrogens with two attached hydrogens (primary N) is 1. The second kappa shape index (κ2) is 30.4. The third kappa shape index (κ3) is 16.6. The number of rotatable bonds is 23. The maximum atomic E-state index is 14.5. The van der Waals surface area contributed by atoms with Gasteiger partial charge < -0.3 is 85.0 Å². The highest BCUT2D eigenvalue weighted by Crippen LogP contribution is 2.54. The minimum atomic E-state index is -1.11. The number of H-pyrrole nitrogens is 1. The molecule has 0 aliphatic carbocycles. The number of aromatic nitrogens is 2. The molecule has 10 aliphatic heterocycles. The van der Waals surface area contributed by atoms with Crippen LogP contribution in [-0.4, -0.2) is 199 Å². The predicted octanol–water partition coefficient (Wildman–Crippen LogP) is 3.91. The van der Waals surface area contributed by atoms with Crippen molar-refractivity contribution in [3.63, 3.8) is 0 Å². The molecule has 21 atom stereocenters. The fourth-order valence-corrected chi connectivity index (χ4v) is 15.1. The zero-order valence-corrected chi connectivity index (χ0v) is 53.0. The summed E-state index contributed by atoms with van der Waals surface area (Å²) in [7, 11) is 1.58. The number of fused-ring (bicyclic) bond motifs is 6. The molecule has 1 aromatic rings. The lowest BCUT2D eigenvalue weighted by molar-refractivity contribution is -0.292. The summed E-state index contributed by atoms with van der Waals surface area (Å²) in [5.74, 6) is -3.79. The van der Waals surface area contributed by atoms with Gasteiger partial charge >= 0.3 is 0 Å². The van der Waals surface area contributed by atoms with Crippen LogP contribution in [0.2, 0.25) is 0 Å². The third-order valence-corrected chi connectivity index (χ3v) is 20.0. The van der Waals surface area contributed by atoms with Crippen molar-refractivity contribution in [2.24, 2.45) is 23.5 Å². The Labute approximate surface area is 527 Å². The molecule has 0 radical (unpaired) electrons. The Morgan fingerprint density at radius 2 is 1.56 bits per heavy atom. The third-order valence-electron chi connectivity index (χ3n) is 19.8. The first kappa shape index (κ1) is 67.3. The highest BCUT2D eigenvalue weighted by atomic mass is 32.1. The number of carbonyl (C=O) groups is 6. The van der Waals surface area contributed by atoms with Crippen LogP contribution in [0.3, 0.4) is 0 Å². The quantitative estimate of drug-likeness (QED) is 0.0437. The van der Waals surface area contributed by atoms with Gasteiger partial charge in [0.1, 0.15) is 48.4 Å². The Morgan fingerprint density at radius 3 is 2.34 bits per heavy atom. The number of hydrogen-bond acceptors (Lipinski definition) is 19. The molecule has 89 heavy (non-hydrogen) atoms. The topological polar surface area (TPSA) is 321 Å². The second-order valence-corrected chi connectivity index (χ2v) is 27.1. The number of ether oxygens (including phenoxy) is 9. The van der Waals surface area contributed by atoms with E-state index in [1.165, 1.54) is 12.4 Å². The van der Waals surface area contributed by atoms with Crippen molar-refractivity contribution in [2.75, 3.05) is 33.3 Å². The summed E-state index contributed by atoms with van der Waals surface area (Å²) in [5, 5.41) is 25.4. The normalized spacial score (nSPS) is 35.9. The molecule has 494 valence electrons. The van der Waals surface area contributed by atoms with Gasteiger partial charge in [-0.05, 0) is 119 Å². The molecule has 0 saturated carbocycles. The SMILES string of the molecule is C=C1C[C@@H]2CC[C@@]34CC5O[C@H]6[C@@H](O3)[C@H]3O[C@H](CC[C@@H]3O[C@H]6[C@H]5O4)CC(=O)C[C@@H]3[C@@H](OC)[C@@H](C[C@H](O)CNC(=O)CNC(=O)[C@H](CCCCN)NC(=O)[C@@H](NC(=O)CCCCCNC(=O)c4cnc(=S)[nH]c4)C(C)C)O[C@H]3C[C@H]3O[C@@H](CCC1O2)C[C@@H](C)C3=C. The van der Waals surface area contributed by atoms with Crippen molar-refractivity contribution in [1.29, 1.82) is 0 Å². The Morgan fingerprint density at radius 1 is 0.798 bits per heavy atom. The van der Waals surface area contributed by atoms with Crippen LogP contribution >= 0.6 is 12.2 Å². The Balaban J connectivity index is 0.731. The van der Waals surface area contributed by atoms with E-state index in [4.69, 9.17) is 60.6 Å². The van der Waals surface area contributed by atoms with Crippen molar-refractivity contribution in [1.82, 2.24) is 36.6 Å². The van der Waals surface area contributed by atoms with E-state index in [-0.39, 0.29) is 134 Å². The van der Waals surface area contributed by atoms with E-state index in [1.807, 2.05) is 0 Å². The highest BCUT2D eigenvalue weighted by Gasteiger charge is 2.69. The highest BCUT2D eigenvalue weighted by molar-refractivity contribution is 7.71. The number of methoxy groups -OCH3 is 1. The summed E-state index contributed by atoms with van der Waals surface area (Å²) in [6, 6.07) is -1.98. The molecule has 24 nitrogen and oxygen atoms in total. The number of nitrogens with zero attached hydrogens (tertiary/aromatic N) is 1. The Kier molecular flexibility index (Phi) is 23.0. The number of nitrogens with one attached hydrogen (secondary N) is 6. The maximum absolute atomic E-state index is 14.5. The van der Waals surface area contributed by atoms with Crippen LogP contribution in [0.15, 0.2) is 36.7 Å². The Bertz CT molecular complexity index is 2740. The van der Waals surface area contributed by atoms with Gasteiger partial charge in [-0.1, -0.05) is 40.3 Å². The fraction of sp³-hybridized carbons (Fsp3) is 0.781. The largest absolute Gasteiger partial charge is 0.391 e. The molecule has 10 fully saturated rings. The number of ketones is 1. The molecule has 0 aromatic carbocycles. The van der Waals surface area contributed by atoms with Crippen molar-refractivity contribution < 1.29 is 76.5 Å². The number of aliphatic hydroxyl groups excluding tert-OH is 1. The minimum absolute atomic E-state index is 0.00568. The van der Waals surface area contributed by atoms with Crippen molar-refractivity contribution >= 4 is 47.5 Å². The van der Waals surface area contributed by atoms with Crippen molar-refractivity contribution in [2.45, 2.75) is 265 Å². The van der Waals surface area contributed by atoms with Crippen LogP contribution < -0.4 is 32.3 Å². The van der Waals surface area contributed by atoms with Gasteiger partial charge in [-0.2, -0.15) is 0 Å². The molecule has 10 aliphatic rings. The standard InChI is InChI=1S/C64H96N8O16S/c1-33(2)53(72-51(75)13-8-7-11-21-66-60(77)37-29-69-63(89)70-30-37)62(79)71-44(12-9-10-20-65)61(78)68-32-52(76)67-31-39(74)26-49-54(80-6)43-25-38(73)24-41-15-17-46-55(83-41)59-58-57(85-46)56-50(86-58)28-64(87-56,88-59)19-18-42-23-35(4)45(81-42)16-14-40-22-34(3)36(5)47(82-40)27-48(43)84-49/h29-30,33-34,39-50,53-59,74H,4-5,7-28,31-32,65H2,1-3,6H3,(H,66,77)(H,67,76)(H,68,78)(H,71,79)(H,72,75)(H,69,70,89)/t34-,39+,40+,41-,42+,43+,44+,45?,46+,47-,48+,49-,50?,53+,54-,55+,56+,57+,58-,59+,64+/m1/s1. The average molecular weight is 1270 g/mol. The van der Waals surface area contributed by atoms with Crippen LogP contribution in [0.5, 0.6) is 0 Å². The average Bonchev–Trinajstić information content (AvgIpc) is 1.56. The van der Waals surface area contributed by atoms with Crippen LogP contribution in [0.4, 0.5) is 0 Å². The van der Waals surface area contributed by atoms with Gasteiger partial charge in [0.25, 0.3) is 5.91 Å². The van der Waals surface area contributed by atoms with E-state index >= 15 is 0 Å². The first-order chi connectivity index (χ1) is 42.8. The molecule has 11 rings (SSSR count). The summed E-state index contributed by atoms with van der Waals surface area (Å²) >= 11 is 4.92. The second-order valence-electron chi connectivity index (χ2n) is 26.7. The first-order valence-electron chi connectivity index (χ1n) is 32.8. The van der Waals surface area contributed by atoms with Crippen molar-refractivity contribution in [3.8, 4) is 0 Å². The number of aliphatic hydroxyl groups is 1. The van der Waals surface area contributed by atoms with Gasteiger partial charge in [-0.15, -0.1) is 0 Å². The van der Waals surface area contributed by atoms with Crippen LogP contribution in [0.1, 0.15) is 160 Å². The zero-order valence-electron chi connectivity index (χ0n) is 52.2. The van der Waals surface area contributed by atoms with Gasteiger partial charge in [0, 0.05) is 83.5 Å². The molecular formula is C64H96N8O16S. The molecule has 10 saturated heterocycles. The zero-order chi connectivity index (χ0) is 63.1. The molecular weight excluding hydrogens is 1170 g/mol. The summed E-state index contributed by atoms with van der Waals surface area (Å²) in [6.07, 6.45) is 7.46. The number of unbranched alkanes of at least 4 members (excludes halogenated alkanes) is 3. The predicted molar refractivity (Wildman–Crippen MR) is 325 cm³/mol. The molecule has 5 amide bonds. The van der Waals surface area contributed by atoms with Gasteiger partial charge in [0.2, 0.25) is 23.6 Å². The Hall–Kier alpha value is -4.64. The maximum Gasteiger partial charge on any atom is 0.254 e. The summed E-state index contributed by atoms with van der Waals surface area (Å²) in [4.78, 5) is 87.4. The van der Waals surface area contributed by atoms with Crippen LogP contribution in [0, 0.1) is 22.5 Å². The van der Waals surface area contributed by atoms with Crippen molar-refractivity contribution in [3.05, 3.63) is 47.0 Å². The molecule has 2 unspecified atom stereocenters. The van der Waals surface area contributed by atoms with Gasteiger partial charge in [0.15, 0.2) is 10.6 Å².